The van der Waals surface area contributed by atoms with E-state index in [9.17, 15) is 9.59 Å². The first kappa shape index (κ1) is 28.2. The van der Waals surface area contributed by atoms with Crippen molar-refractivity contribution in [1.82, 2.24) is 5.32 Å². The molecule has 8 nitrogen and oxygen atoms in total. The first-order valence-corrected chi connectivity index (χ1v) is 14.2. The summed E-state index contributed by atoms with van der Waals surface area (Å²) in [5, 5.41) is 12.6. The maximum absolute atomic E-state index is 13.4. The molecule has 2 heterocycles. The van der Waals surface area contributed by atoms with E-state index in [2.05, 4.69) is 48.7 Å². The van der Waals surface area contributed by atoms with Crippen molar-refractivity contribution in [2.75, 3.05) is 13.7 Å². The van der Waals surface area contributed by atoms with Crippen LogP contribution in [0.2, 0.25) is 0 Å². The summed E-state index contributed by atoms with van der Waals surface area (Å²) in [5.74, 6) is 0.771. The summed E-state index contributed by atoms with van der Waals surface area (Å²) in [6.07, 6.45) is 6.09. The van der Waals surface area contributed by atoms with Crippen LogP contribution in [0.25, 0.3) is 0 Å². The summed E-state index contributed by atoms with van der Waals surface area (Å²) >= 11 is 3.65. The molecule has 1 aliphatic rings. The fourth-order valence-electron chi connectivity index (χ4n) is 4.53. The lowest BCUT2D eigenvalue weighted by molar-refractivity contribution is -0.139. The van der Waals surface area contributed by atoms with Gasteiger partial charge in [0.15, 0.2) is 18.1 Å². The predicted molar refractivity (Wildman–Crippen MR) is 155 cm³/mol. The molecule has 0 aliphatic heterocycles. The van der Waals surface area contributed by atoms with Crippen molar-refractivity contribution in [3.05, 3.63) is 61.4 Å². The minimum absolute atomic E-state index is 0.162. The van der Waals surface area contributed by atoms with Crippen LogP contribution in [0.3, 0.4) is 0 Å². The lowest BCUT2D eigenvalue weighted by atomic mass is 9.72. The van der Waals surface area contributed by atoms with Gasteiger partial charge in [-0.05, 0) is 88.6 Å². The van der Waals surface area contributed by atoms with Crippen LogP contribution in [-0.4, -0.2) is 36.9 Å². The molecule has 1 aliphatic carbocycles. The lowest BCUT2D eigenvalue weighted by Gasteiger charge is -2.33. The average Bonchev–Trinajstić information content (AvgIpc) is 3.51. The number of aliphatic imine (C=N–C) groups is 1. The molecule has 0 bridgehead atoms. The van der Waals surface area contributed by atoms with Gasteiger partial charge < -0.3 is 24.3 Å². The van der Waals surface area contributed by atoms with Crippen LogP contribution in [0.4, 0.5) is 5.00 Å². The molecule has 202 valence electrons. The number of fused-ring (bicyclic) bond motifs is 1. The third-order valence-electron chi connectivity index (χ3n) is 6.62. The minimum atomic E-state index is -1.07. The Kier molecular flexibility index (Phi) is 8.81. The number of benzene rings is 1. The molecule has 4 rings (SSSR count). The monoisotopic (exact) mass is 650 g/mol. The summed E-state index contributed by atoms with van der Waals surface area (Å²) in [6, 6.07) is 7.20. The largest absolute Gasteiger partial charge is 0.493 e. The molecule has 10 heteroatoms. The molecule has 0 radical (unpaired) electrons. The van der Waals surface area contributed by atoms with E-state index in [1.165, 1.54) is 12.0 Å². The zero-order valence-corrected chi connectivity index (χ0v) is 24.8. The quantitative estimate of drug-likeness (QED) is 0.209. The molecule has 0 fully saturated rings. The number of nitrogens with zero attached hydrogens (tertiary/aromatic N) is 1. The molecule has 2 aromatic heterocycles. The second kappa shape index (κ2) is 11.9. The molecule has 0 spiro atoms. The highest BCUT2D eigenvalue weighted by molar-refractivity contribution is 14.1. The van der Waals surface area contributed by atoms with Gasteiger partial charge >= 0.3 is 5.97 Å². The van der Waals surface area contributed by atoms with Crippen LogP contribution in [-0.2, 0) is 24.2 Å². The molecule has 38 heavy (non-hydrogen) atoms. The summed E-state index contributed by atoms with van der Waals surface area (Å²) in [6.45, 7) is 6.64. The highest BCUT2D eigenvalue weighted by Crippen LogP contribution is 2.45. The number of carbonyl (C=O) groups is 2. The number of methoxy groups -OCH3 is 1. The van der Waals surface area contributed by atoms with E-state index in [-0.39, 0.29) is 11.3 Å². The number of nitrogens with one attached hydrogen (secondary N) is 1. The van der Waals surface area contributed by atoms with Gasteiger partial charge in [-0.3, -0.25) is 4.79 Å². The smallest absolute Gasteiger partial charge is 0.341 e. The number of halogens is 1. The highest BCUT2D eigenvalue weighted by atomic mass is 127. The molecule has 1 amide bonds. The second-order valence-corrected chi connectivity index (χ2v) is 12.5. The van der Waals surface area contributed by atoms with Crippen LogP contribution in [0, 0.1) is 14.9 Å². The van der Waals surface area contributed by atoms with E-state index < -0.39 is 12.6 Å². The Morgan fingerprint density at radius 2 is 2.13 bits per heavy atom. The number of hydrogen-bond donors (Lipinski definition) is 2. The first-order valence-electron chi connectivity index (χ1n) is 12.3. The van der Waals surface area contributed by atoms with Crippen molar-refractivity contribution < 1.29 is 28.6 Å². The van der Waals surface area contributed by atoms with Crippen molar-refractivity contribution in [3.63, 3.8) is 0 Å². The van der Waals surface area contributed by atoms with Gasteiger partial charge in [-0.15, -0.1) is 11.3 Å². The van der Waals surface area contributed by atoms with E-state index in [1.807, 2.05) is 12.1 Å². The van der Waals surface area contributed by atoms with Crippen molar-refractivity contribution in [3.8, 4) is 11.5 Å². The van der Waals surface area contributed by atoms with E-state index in [0.29, 0.717) is 43.9 Å². The fourth-order valence-corrected chi connectivity index (χ4v) is 6.58. The predicted octanol–water partition coefficient (Wildman–Crippen LogP) is 6.25. The molecule has 3 aromatic rings. The maximum atomic E-state index is 13.4. The van der Waals surface area contributed by atoms with Crippen LogP contribution in [0.15, 0.2) is 39.9 Å². The molecule has 1 atom stereocenters. The zero-order chi connectivity index (χ0) is 27.4. The Hall–Kier alpha value is -2.86. The number of amides is 1. The Labute approximate surface area is 239 Å². The van der Waals surface area contributed by atoms with Gasteiger partial charge in [0.25, 0.3) is 5.91 Å². The molecule has 0 saturated heterocycles. The van der Waals surface area contributed by atoms with Gasteiger partial charge in [0.2, 0.25) is 0 Å². The van der Waals surface area contributed by atoms with Crippen LogP contribution in [0.1, 0.15) is 59.3 Å². The molecule has 0 saturated carbocycles. The number of thiophene rings is 1. The zero-order valence-electron chi connectivity index (χ0n) is 21.8. The summed E-state index contributed by atoms with van der Waals surface area (Å²) < 4.78 is 16.9. The van der Waals surface area contributed by atoms with Crippen molar-refractivity contribution in [2.24, 2.45) is 16.3 Å². The van der Waals surface area contributed by atoms with Gasteiger partial charge in [-0.1, -0.05) is 20.8 Å². The number of carboxylic acid groups (broad SMARTS) is 1. The lowest BCUT2D eigenvalue weighted by Crippen LogP contribution is -2.28. The Bertz CT molecular complexity index is 1340. The normalized spacial score (nSPS) is 15.3. The van der Waals surface area contributed by atoms with Gasteiger partial charge in [-0.2, -0.15) is 0 Å². The summed E-state index contributed by atoms with van der Waals surface area (Å²) in [7, 11) is 1.50. The van der Waals surface area contributed by atoms with Crippen LogP contribution < -0.4 is 14.8 Å². The third kappa shape index (κ3) is 6.58. The van der Waals surface area contributed by atoms with Gasteiger partial charge in [-0.25, -0.2) is 9.79 Å². The summed E-state index contributed by atoms with van der Waals surface area (Å²) in [5.41, 5.74) is 2.65. The van der Waals surface area contributed by atoms with Crippen LogP contribution >= 0.6 is 33.9 Å². The van der Waals surface area contributed by atoms with Crippen molar-refractivity contribution >= 4 is 57.0 Å². The van der Waals surface area contributed by atoms with E-state index >= 15 is 0 Å². The number of hydrogen-bond acceptors (Lipinski definition) is 7. The Morgan fingerprint density at radius 3 is 2.79 bits per heavy atom. The minimum Gasteiger partial charge on any atom is -0.493 e. The number of aliphatic carboxylic acids is 1. The third-order valence-corrected chi connectivity index (χ3v) is 8.59. The number of rotatable bonds is 9. The van der Waals surface area contributed by atoms with Crippen molar-refractivity contribution in [2.45, 2.75) is 46.6 Å². The Morgan fingerprint density at radius 1 is 1.34 bits per heavy atom. The highest BCUT2D eigenvalue weighted by Gasteiger charge is 2.33. The first-order chi connectivity index (χ1) is 18.1. The molecule has 0 unspecified atom stereocenters. The topological polar surface area (TPSA) is 110 Å². The number of carboxylic acids is 1. The fraction of sp³-hybridized carbons (Fsp3) is 0.393. The van der Waals surface area contributed by atoms with Crippen LogP contribution in [0.5, 0.6) is 11.5 Å². The summed E-state index contributed by atoms with van der Waals surface area (Å²) in [4.78, 5) is 30.3. The van der Waals surface area contributed by atoms with Crippen molar-refractivity contribution in [1.29, 1.82) is 0 Å². The molecule has 1 aromatic carbocycles. The maximum Gasteiger partial charge on any atom is 0.341 e. The standard InChI is InChI=1S/C28H31IN2O6S/c1-28(2,3)17-7-8-19-22(12-17)38-27(24(19)26(34)30-14-18-6-5-9-36-18)31-13-16-10-20(29)25(21(11-16)35-4)37-15-23(32)33/h5-6,9-11,13,17H,7-8,12,14-15H2,1-4H3,(H,30,34)(H,32,33)/t17-/m1/s1. The number of carbonyl (C=O) groups excluding carboxylic acids is 1. The second-order valence-electron chi connectivity index (χ2n) is 10.2. The number of furan rings is 1. The molecular formula is C28H31IN2O6S. The van der Waals surface area contributed by atoms with Gasteiger partial charge in [0, 0.05) is 11.1 Å². The average molecular weight is 651 g/mol. The van der Waals surface area contributed by atoms with E-state index in [4.69, 9.17) is 24.0 Å². The van der Waals surface area contributed by atoms with Gasteiger partial charge in [0.1, 0.15) is 10.8 Å². The molecule has 2 N–H and O–H groups in total. The van der Waals surface area contributed by atoms with E-state index in [1.54, 1.807) is 35.9 Å². The number of ether oxygens (including phenoxy) is 2. The Balaban J connectivity index is 1.66. The SMILES string of the molecule is COc1cc(C=Nc2sc3c(c2C(=O)NCc2ccco2)CC[C@@H](C(C)(C)C)C3)cc(I)c1OCC(=O)O. The molecular weight excluding hydrogens is 619 g/mol. The van der Waals surface area contributed by atoms with Gasteiger partial charge in [0.05, 0.1) is 29.1 Å². The van der Waals surface area contributed by atoms with E-state index in [0.717, 1.165) is 30.4 Å².